The first-order valence-corrected chi connectivity index (χ1v) is 6.62. The molecule has 3 rings (SSSR count). The number of carbonyl (C=O) groups is 1. The Morgan fingerprint density at radius 3 is 2.95 bits per heavy atom. The molecular formula is C14H17FN2O2. The molecule has 5 heteroatoms. The van der Waals surface area contributed by atoms with Gasteiger partial charge in [-0.05, 0) is 24.1 Å². The van der Waals surface area contributed by atoms with E-state index in [-0.39, 0.29) is 11.7 Å². The Morgan fingerprint density at radius 2 is 2.16 bits per heavy atom. The third-order valence-electron chi connectivity index (χ3n) is 3.93. The molecule has 2 saturated heterocycles. The number of hydrogen-bond acceptors (Lipinski definition) is 3. The first-order chi connectivity index (χ1) is 9.11. The van der Waals surface area contributed by atoms with Crippen molar-refractivity contribution in [2.24, 2.45) is 0 Å². The fraction of sp³-hybridized carbons (Fsp3) is 0.500. The van der Waals surface area contributed by atoms with Crippen molar-refractivity contribution in [3.63, 3.8) is 0 Å². The number of phenolic OH excluding ortho intramolecular Hbond substituents is 1. The summed E-state index contributed by atoms with van der Waals surface area (Å²) in [4.78, 5) is 15.8. The molecule has 1 N–H and O–H groups in total. The molecule has 1 atom stereocenters. The highest BCUT2D eigenvalue weighted by atomic mass is 19.1. The highest BCUT2D eigenvalue weighted by molar-refractivity contribution is 5.78. The number of aromatic hydroxyl groups is 1. The smallest absolute Gasteiger partial charge is 0.222 e. The summed E-state index contributed by atoms with van der Waals surface area (Å²) in [5.74, 6) is -0.192. The Bertz CT molecular complexity index is 486. The van der Waals surface area contributed by atoms with E-state index < -0.39 is 5.82 Å². The normalized spacial score (nSPS) is 23.7. The fourth-order valence-corrected chi connectivity index (χ4v) is 3.06. The Hall–Kier alpha value is -1.62. The van der Waals surface area contributed by atoms with Crippen LogP contribution in [0.15, 0.2) is 18.2 Å². The maximum Gasteiger partial charge on any atom is 0.222 e. The molecule has 2 fully saturated rings. The molecule has 1 aromatic rings. The lowest BCUT2D eigenvalue weighted by atomic mass is 10.1. The zero-order chi connectivity index (χ0) is 13.4. The summed E-state index contributed by atoms with van der Waals surface area (Å²) in [5, 5.41) is 9.40. The van der Waals surface area contributed by atoms with Gasteiger partial charge >= 0.3 is 0 Å². The summed E-state index contributed by atoms with van der Waals surface area (Å²) >= 11 is 0. The number of amides is 1. The molecule has 102 valence electrons. The molecule has 19 heavy (non-hydrogen) atoms. The molecule has 1 aromatic carbocycles. The number of benzene rings is 1. The van der Waals surface area contributed by atoms with Crippen LogP contribution < -0.4 is 0 Å². The molecule has 0 saturated carbocycles. The third-order valence-corrected chi connectivity index (χ3v) is 3.93. The topological polar surface area (TPSA) is 43.8 Å². The SMILES string of the molecule is O=C1CCC2CN(Cc3cc(O)cc(F)c3)CCN12. The Kier molecular flexibility index (Phi) is 3.14. The lowest BCUT2D eigenvalue weighted by Crippen LogP contribution is -2.50. The van der Waals surface area contributed by atoms with E-state index in [4.69, 9.17) is 0 Å². The Balaban J connectivity index is 1.66. The van der Waals surface area contributed by atoms with Gasteiger partial charge < -0.3 is 10.0 Å². The number of nitrogens with zero attached hydrogens (tertiary/aromatic N) is 2. The van der Waals surface area contributed by atoms with E-state index in [2.05, 4.69) is 4.90 Å². The van der Waals surface area contributed by atoms with Gasteiger partial charge in [-0.1, -0.05) is 0 Å². The van der Waals surface area contributed by atoms with Crippen molar-refractivity contribution in [2.75, 3.05) is 19.6 Å². The van der Waals surface area contributed by atoms with Crippen molar-refractivity contribution in [2.45, 2.75) is 25.4 Å². The lowest BCUT2D eigenvalue weighted by molar-refractivity contribution is -0.130. The number of hydrogen-bond donors (Lipinski definition) is 1. The largest absolute Gasteiger partial charge is 0.508 e. The standard InChI is InChI=1S/C14H17FN2O2/c15-11-5-10(6-13(18)7-11)8-16-3-4-17-12(9-16)1-2-14(17)19/h5-7,12,18H,1-4,8-9H2. The summed E-state index contributed by atoms with van der Waals surface area (Å²) < 4.78 is 13.2. The number of phenols is 1. The van der Waals surface area contributed by atoms with E-state index in [1.807, 2.05) is 4.90 Å². The number of piperazine rings is 1. The molecule has 0 bridgehead atoms. The predicted molar refractivity (Wildman–Crippen MR) is 68.1 cm³/mol. The molecule has 1 unspecified atom stereocenters. The van der Waals surface area contributed by atoms with E-state index in [1.165, 1.54) is 6.07 Å². The first-order valence-electron chi connectivity index (χ1n) is 6.62. The molecule has 4 nitrogen and oxygen atoms in total. The zero-order valence-electron chi connectivity index (χ0n) is 10.7. The Morgan fingerprint density at radius 1 is 1.32 bits per heavy atom. The van der Waals surface area contributed by atoms with Gasteiger partial charge in [0, 0.05) is 44.7 Å². The summed E-state index contributed by atoms with van der Waals surface area (Å²) in [7, 11) is 0. The van der Waals surface area contributed by atoms with Gasteiger partial charge in [0.1, 0.15) is 11.6 Å². The van der Waals surface area contributed by atoms with E-state index in [0.29, 0.717) is 19.0 Å². The average molecular weight is 264 g/mol. The van der Waals surface area contributed by atoms with Gasteiger partial charge in [0.05, 0.1) is 0 Å². The van der Waals surface area contributed by atoms with Gasteiger partial charge in [0.2, 0.25) is 5.91 Å². The van der Waals surface area contributed by atoms with Crippen LogP contribution in [-0.4, -0.2) is 46.5 Å². The van der Waals surface area contributed by atoms with Crippen LogP contribution in [0.1, 0.15) is 18.4 Å². The third kappa shape index (κ3) is 2.56. The van der Waals surface area contributed by atoms with Gasteiger partial charge in [-0.3, -0.25) is 9.69 Å². The summed E-state index contributed by atoms with van der Waals surface area (Å²) in [6, 6.07) is 4.46. The van der Waals surface area contributed by atoms with E-state index >= 15 is 0 Å². The number of halogens is 1. The van der Waals surface area contributed by atoms with Crippen LogP contribution in [0.4, 0.5) is 4.39 Å². The van der Waals surface area contributed by atoms with Crippen LogP contribution in [0.2, 0.25) is 0 Å². The van der Waals surface area contributed by atoms with Crippen LogP contribution in [-0.2, 0) is 11.3 Å². The second kappa shape index (κ2) is 4.81. The van der Waals surface area contributed by atoms with Crippen molar-refractivity contribution < 1.29 is 14.3 Å². The van der Waals surface area contributed by atoms with Crippen molar-refractivity contribution in [3.8, 4) is 5.75 Å². The maximum atomic E-state index is 13.2. The van der Waals surface area contributed by atoms with Gasteiger partial charge in [-0.2, -0.15) is 0 Å². The van der Waals surface area contributed by atoms with Gasteiger partial charge in [0.25, 0.3) is 0 Å². The highest BCUT2D eigenvalue weighted by Gasteiger charge is 2.35. The van der Waals surface area contributed by atoms with E-state index in [0.717, 1.165) is 37.7 Å². The minimum absolute atomic E-state index is 0.0373. The van der Waals surface area contributed by atoms with Crippen molar-refractivity contribution in [1.82, 2.24) is 9.80 Å². The van der Waals surface area contributed by atoms with Crippen LogP contribution in [0.3, 0.4) is 0 Å². The summed E-state index contributed by atoms with van der Waals surface area (Å²) in [6.07, 6.45) is 1.57. The Labute approximate surface area is 111 Å². The van der Waals surface area contributed by atoms with Crippen LogP contribution >= 0.6 is 0 Å². The predicted octanol–water partition coefficient (Wildman–Crippen LogP) is 1.34. The summed E-state index contributed by atoms with van der Waals surface area (Å²) in [6.45, 7) is 3.01. The van der Waals surface area contributed by atoms with Gasteiger partial charge in [-0.15, -0.1) is 0 Å². The molecule has 2 aliphatic heterocycles. The van der Waals surface area contributed by atoms with Crippen LogP contribution in [0.5, 0.6) is 5.75 Å². The van der Waals surface area contributed by atoms with Crippen molar-refractivity contribution >= 4 is 5.91 Å². The maximum absolute atomic E-state index is 13.2. The minimum atomic E-state index is -0.412. The number of fused-ring (bicyclic) bond motifs is 1. The van der Waals surface area contributed by atoms with E-state index in [1.54, 1.807) is 6.07 Å². The summed E-state index contributed by atoms with van der Waals surface area (Å²) in [5.41, 5.74) is 0.773. The van der Waals surface area contributed by atoms with Crippen LogP contribution in [0, 0.1) is 5.82 Å². The second-order valence-electron chi connectivity index (χ2n) is 5.33. The molecule has 0 aliphatic carbocycles. The quantitative estimate of drug-likeness (QED) is 0.876. The number of rotatable bonds is 2. The van der Waals surface area contributed by atoms with Gasteiger partial charge in [0.15, 0.2) is 0 Å². The minimum Gasteiger partial charge on any atom is -0.508 e. The molecular weight excluding hydrogens is 247 g/mol. The molecule has 0 aromatic heterocycles. The first kappa shape index (κ1) is 12.4. The zero-order valence-corrected chi connectivity index (χ0v) is 10.7. The van der Waals surface area contributed by atoms with Crippen molar-refractivity contribution in [1.29, 1.82) is 0 Å². The monoisotopic (exact) mass is 264 g/mol. The lowest BCUT2D eigenvalue weighted by Gasteiger charge is -2.37. The van der Waals surface area contributed by atoms with Gasteiger partial charge in [-0.25, -0.2) is 4.39 Å². The number of carbonyl (C=O) groups excluding carboxylic acids is 1. The average Bonchev–Trinajstić information content (AvgIpc) is 2.69. The molecule has 2 heterocycles. The van der Waals surface area contributed by atoms with Crippen molar-refractivity contribution in [3.05, 3.63) is 29.6 Å². The molecule has 1 amide bonds. The molecule has 0 spiro atoms. The second-order valence-corrected chi connectivity index (χ2v) is 5.33. The molecule has 2 aliphatic rings. The highest BCUT2D eigenvalue weighted by Crippen LogP contribution is 2.24. The van der Waals surface area contributed by atoms with Crippen LogP contribution in [0.25, 0.3) is 0 Å². The molecule has 0 radical (unpaired) electrons. The fourth-order valence-electron chi connectivity index (χ4n) is 3.06. The van der Waals surface area contributed by atoms with E-state index in [9.17, 15) is 14.3 Å².